The van der Waals surface area contributed by atoms with Gasteiger partial charge in [-0.25, -0.2) is 0 Å². The molecular weight excluding hydrogens is 550 g/mol. The number of aliphatic hydroxyl groups is 3. The molecule has 7 nitrogen and oxygen atoms in total. The summed E-state index contributed by atoms with van der Waals surface area (Å²) in [5.41, 5.74) is 2.84. The number of amides is 2. The van der Waals surface area contributed by atoms with Gasteiger partial charge in [0.2, 0.25) is 11.8 Å². The number of halogens is 1. The van der Waals surface area contributed by atoms with Crippen molar-refractivity contribution in [1.82, 2.24) is 4.90 Å². The van der Waals surface area contributed by atoms with Crippen molar-refractivity contribution < 1.29 is 30.0 Å². The van der Waals surface area contributed by atoms with Crippen LogP contribution in [0.25, 0.3) is 6.08 Å². The molecule has 4 rings (SSSR count). The molecule has 1 saturated heterocycles. The van der Waals surface area contributed by atoms with Crippen molar-refractivity contribution in [3.63, 3.8) is 0 Å². The van der Waals surface area contributed by atoms with Crippen molar-refractivity contribution in [2.75, 3.05) is 13.2 Å². The first-order valence-corrected chi connectivity index (χ1v) is 14.8. The minimum Gasteiger partial charge on any atom is -0.507 e. The van der Waals surface area contributed by atoms with Crippen molar-refractivity contribution in [2.24, 2.45) is 17.8 Å². The molecule has 2 fully saturated rings. The van der Waals surface area contributed by atoms with E-state index in [0.29, 0.717) is 29.6 Å². The molecule has 208 valence electrons. The number of fused-ring (bicyclic) bond motifs is 1. The summed E-state index contributed by atoms with van der Waals surface area (Å²) in [6.45, 7) is 1.39. The number of carbonyl (C=O) groups excluding carboxylic acids is 2. The van der Waals surface area contributed by atoms with Gasteiger partial charge in [0.25, 0.3) is 0 Å². The van der Waals surface area contributed by atoms with Gasteiger partial charge in [-0.05, 0) is 67.9 Å². The predicted molar refractivity (Wildman–Crippen MR) is 149 cm³/mol. The first-order chi connectivity index (χ1) is 18.3. The molecule has 1 aliphatic heterocycles. The van der Waals surface area contributed by atoms with Crippen LogP contribution < -0.4 is 0 Å². The largest absolute Gasteiger partial charge is 0.507 e. The maximum absolute atomic E-state index is 13.6. The summed E-state index contributed by atoms with van der Waals surface area (Å²) in [6.07, 6.45) is 8.55. The lowest BCUT2D eigenvalue weighted by Gasteiger charge is -2.36. The lowest BCUT2D eigenvalue weighted by molar-refractivity contribution is -0.143. The van der Waals surface area contributed by atoms with E-state index >= 15 is 0 Å². The zero-order valence-electron chi connectivity index (χ0n) is 22.1. The van der Waals surface area contributed by atoms with Crippen LogP contribution in [0.15, 0.2) is 39.4 Å². The number of imide groups is 1. The fraction of sp³-hybridized carbons (Fsp3) is 0.600. The van der Waals surface area contributed by atoms with Crippen molar-refractivity contribution in [1.29, 1.82) is 0 Å². The Balaban J connectivity index is 1.56. The van der Waals surface area contributed by atoms with Crippen molar-refractivity contribution in [2.45, 2.75) is 83.3 Å². The Bertz CT molecular complexity index is 1090. The molecule has 3 aliphatic rings. The molecule has 0 aromatic heterocycles. The number of carbonyl (C=O) groups is 2. The third kappa shape index (κ3) is 5.93. The van der Waals surface area contributed by atoms with Gasteiger partial charge < -0.3 is 20.4 Å². The fourth-order valence-corrected chi connectivity index (χ4v) is 7.14. The van der Waals surface area contributed by atoms with Crippen LogP contribution in [0.1, 0.15) is 76.7 Å². The van der Waals surface area contributed by atoms with E-state index in [2.05, 4.69) is 22.9 Å². The number of allylic oxidation sites excluding steroid dienone is 1. The van der Waals surface area contributed by atoms with Gasteiger partial charge >= 0.3 is 0 Å². The second kappa shape index (κ2) is 12.9. The molecule has 0 bridgehead atoms. The van der Waals surface area contributed by atoms with Crippen LogP contribution in [0.4, 0.5) is 0 Å². The van der Waals surface area contributed by atoms with E-state index in [1.54, 1.807) is 12.1 Å². The normalized spacial score (nSPS) is 25.8. The molecule has 1 aromatic carbocycles. The Labute approximate surface area is 233 Å². The Hall–Kier alpha value is -2.00. The van der Waals surface area contributed by atoms with Gasteiger partial charge in [-0.2, -0.15) is 0 Å². The summed E-state index contributed by atoms with van der Waals surface area (Å²) < 4.78 is 0.857. The summed E-state index contributed by atoms with van der Waals surface area (Å²) >= 11 is 3.44. The minimum atomic E-state index is -0.960. The zero-order chi connectivity index (χ0) is 27.4. The third-order valence-corrected chi connectivity index (χ3v) is 9.06. The molecule has 2 aliphatic carbocycles. The lowest BCUT2D eigenvalue weighted by atomic mass is 9.68. The maximum Gasteiger partial charge on any atom is 0.234 e. The van der Waals surface area contributed by atoms with Gasteiger partial charge in [-0.3, -0.25) is 14.5 Å². The summed E-state index contributed by atoms with van der Waals surface area (Å²) in [5, 5.41) is 42.3. The topological polar surface area (TPSA) is 118 Å². The van der Waals surface area contributed by atoms with Gasteiger partial charge in [0.15, 0.2) is 0 Å². The zero-order valence-corrected chi connectivity index (χ0v) is 23.7. The molecule has 38 heavy (non-hydrogen) atoms. The first kappa shape index (κ1) is 29.0. The first-order valence-electron chi connectivity index (χ1n) is 14.0. The van der Waals surface area contributed by atoms with E-state index in [1.165, 1.54) is 4.90 Å². The molecule has 1 heterocycles. The quantitative estimate of drug-likeness (QED) is 0.232. The summed E-state index contributed by atoms with van der Waals surface area (Å²) in [7, 11) is 0. The third-order valence-electron chi connectivity index (χ3n) is 8.56. The molecular formula is C30H40BrNO6. The standard InChI is InChI=1S/C30H40BrNO6/c1-2-6-18(13-19-14-21(31)10-12-25(19)35)9-11-26(36)27-20(16-33)15-23-28(24(27)17-34)30(38)32(29(23)37)22-7-4-3-5-8-22/h10,12-14,22-24,26,28,33-36H,2-9,11,15-17H2,1H3/b18-13+/t23-,24+,26-,28-/m1/s1. The maximum atomic E-state index is 13.6. The van der Waals surface area contributed by atoms with E-state index < -0.39 is 23.9 Å². The van der Waals surface area contributed by atoms with Crippen LogP contribution >= 0.6 is 15.9 Å². The Kier molecular flexibility index (Phi) is 9.84. The van der Waals surface area contributed by atoms with Crippen molar-refractivity contribution in [3.8, 4) is 5.75 Å². The highest BCUT2D eigenvalue weighted by Gasteiger charge is 2.56. The number of aromatic hydroxyl groups is 1. The lowest BCUT2D eigenvalue weighted by Crippen LogP contribution is -2.42. The van der Waals surface area contributed by atoms with Crippen LogP contribution in [0.3, 0.4) is 0 Å². The van der Waals surface area contributed by atoms with Crippen LogP contribution in [0.2, 0.25) is 0 Å². The van der Waals surface area contributed by atoms with E-state index in [-0.39, 0.29) is 43.2 Å². The van der Waals surface area contributed by atoms with Crippen LogP contribution in [0, 0.1) is 17.8 Å². The number of nitrogens with zero attached hydrogens (tertiary/aromatic N) is 1. The summed E-state index contributed by atoms with van der Waals surface area (Å²) in [4.78, 5) is 28.4. The number of rotatable bonds is 10. The number of hydrogen-bond donors (Lipinski definition) is 4. The van der Waals surface area contributed by atoms with Crippen LogP contribution in [-0.2, 0) is 9.59 Å². The van der Waals surface area contributed by atoms with Crippen molar-refractivity contribution in [3.05, 3.63) is 45.0 Å². The van der Waals surface area contributed by atoms with Crippen LogP contribution in [-0.4, -0.2) is 62.5 Å². The minimum absolute atomic E-state index is 0.0872. The molecule has 0 spiro atoms. The van der Waals surface area contributed by atoms with E-state index in [1.807, 2.05) is 12.1 Å². The molecule has 4 N–H and O–H groups in total. The van der Waals surface area contributed by atoms with E-state index in [0.717, 1.165) is 55.0 Å². The van der Waals surface area contributed by atoms with E-state index in [9.17, 15) is 30.0 Å². The number of phenols is 1. The van der Waals surface area contributed by atoms with Crippen LogP contribution in [0.5, 0.6) is 5.75 Å². The number of phenolic OH excluding ortho intramolecular Hbond substituents is 1. The Morgan fingerprint density at radius 3 is 2.53 bits per heavy atom. The predicted octanol–water partition coefficient (Wildman–Crippen LogP) is 4.71. The molecule has 4 atom stereocenters. The molecule has 2 amide bonds. The highest BCUT2D eigenvalue weighted by molar-refractivity contribution is 9.10. The second-order valence-electron chi connectivity index (χ2n) is 11.0. The van der Waals surface area contributed by atoms with Gasteiger partial charge in [-0.1, -0.05) is 60.2 Å². The average molecular weight is 591 g/mol. The average Bonchev–Trinajstić information content (AvgIpc) is 3.17. The van der Waals surface area contributed by atoms with Crippen molar-refractivity contribution >= 4 is 33.8 Å². The fourth-order valence-electron chi connectivity index (χ4n) is 6.76. The van der Waals surface area contributed by atoms with Gasteiger partial charge in [0.1, 0.15) is 5.75 Å². The summed E-state index contributed by atoms with van der Waals surface area (Å²) in [5.74, 6) is -2.22. The highest BCUT2D eigenvalue weighted by Crippen LogP contribution is 2.47. The Morgan fingerprint density at radius 1 is 1.13 bits per heavy atom. The number of benzene rings is 1. The van der Waals surface area contributed by atoms with Gasteiger partial charge in [0, 0.05) is 22.0 Å². The molecule has 0 unspecified atom stereocenters. The second-order valence-corrected chi connectivity index (χ2v) is 11.9. The van der Waals surface area contributed by atoms with E-state index in [4.69, 9.17) is 0 Å². The molecule has 0 radical (unpaired) electrons. The smallest absolute Gasteiger partial charge is 0.234 e. The van der Waals surface area contributed by atoms with Gasteiger partial charge in [0.05, 0.1) is 31.2 Å². The van der Waals surface area contributed by atoms with Gasteiger partial charge in [-0.15, -0.1) is 0 Å². The number of hydrogen-bond acceptors (Lipinski definition) is 6. The molecule has 1 saturated carbocycles. The Morgan fingerprint density at radius 2 is 1.87 bits per heavy atom. The monoisotopic (exact) mass is 589 g/mol. The summed E-state index contributed by atoms with van der Waals surface area (Å²) in [6, 6.07) is 5.16. The molecule has 1 aromatic rings. The molecule has 8 heteroatoms. The number of likely N-dealkylation sites (tertiary alicyclic amines) is 1. The highest BCUT2D eigenvalue weighted by atomic mass is 79.9. The number of aliphatic hydroxyl groups excluding tert-OH is 3. The SMILES string of the molecule is CCC/C(=C\c1cc(Br)ccc1O)CC[C@@H](O)C1=C(CO)C[C@H]2C(=O)N(C3CCCCC3)C(=O)[C@H]2[C@H]1CO.